The minimum atomic E-state index is -1.23. The van der Waals surface area contributed by atoms with Crippen molar-refractivity contribution in [1.29, 1.82) is 0 Å². The zero-order valence-electron chi connectivity index (χ0n) is 15.9. The molecule has 4 rings (SSSR count). The van der Waals surface area contributed by atoms with Gasteiger partial charge in [0, 0.05) is 11.1 Å². The van der Waals surface area contributed by atoms with Gasteiger partial charge in [-0.05, 0) is 11.3 Å². The summed E-state index contributed by atoms with van der Waals surface area (Å²) in [7, 11) is 2.61. The molecule has 0 unspecified atom stereocenters. The Bertz CT molecular complexity index is 983. The Morgan fingerprint density at radius 2 is 1.46 bits per heavy atom. The molecule has 0 amide bonds. The van der Waals surface area contributed by atoms with Gasteiger partial charge in [0.05, 0.1) is 25.4 Å². The molecule has 2 aromatic carbocycles. The molecule has 0 spiro atoms. The molecule has 2 aliphatic rings. The van der Waals surface area contributed by atoms with Gasteiger partial charge in [-0.2, -0.15) is 0 Å². The van der Waals surface area contributed by atoms with Crippen LogP contribution >= 0.6 is 11.8 Å². The van der Waals surface area contributed by atoms with E-state index in [4.69, 9.17) is 14.2 Å². The first-order valence-corrected chi connectivity index (χ1v) is 9.96. The fourth-order valence-electron chi connectivity index (χ4n) is 4.22. The zero-order valence-corrected chi connectivity index (χ0v) is 16.7. The molecule has 28 heavy (non-hydrogen) atoms. The molecule has 5 nitrogen and oxygen atoms in total. The van der Waals surface area contributed by atoms with Crippen LogP contribution < -0.4 is 0 Å². The third kappa shape index (κ3) is 2.25. The first-order chi connectivity index (χ1) is 13.6. The van der Waals surface area contributed by atoms with E-state index in [1.165, 1.54) is 26.0 Å². The fourth-order valence-corrected chi connectivity index (χ4v) is 5.47. The lowest BCUT2D eigenvalue weighted by atomic mass is 9.73. The molecule has 6 heteroatoms. The Labute approximate surface area is 167 Å². The molecule has 2 aromatic rings. The quantitative estimate of drug-likeness (QED) is 0.721. The number of hydrogen-bond acceptors (Lipinski definition) is 6. The Hall–Kier alpha value is -2.57. The van der Waals surface area contributed by atoms with E-state index in [2.05, 4.69) is 0 Å². The number of methoxy groups -OCH3 is 2. The highest BCUT2D eigenvalue weighted by Gasteiger charge is 2.68. The van der Waals surface area contributed by atoms with Crippen molar-refractivity contribution in [3.63, 3.8) is 0 Å². The second-order valence-electron chi connectivity index (χ2n) is 6.48. The monoisotopic (exact) mass is 396 g/mol. The molecule has 0 saturated carbocycles. The molecule has 0 radical (unpaired) electrons. The zero-order chi connectivity index (χ0) is 19.9. The van der Waals surface area contributed by atoms with E-state index in [1.807, 2.05) is 61.5 Å². The van der Waals surface area contributed by atoms with Crippen LogP contribution in [-0.4, -0.2) is 31.9 Å². The van der Waals surface area contributed by atoms with Crippen LogP contribution in [0.15, 0.2) is 65.7 Å². The summed E-state index contributed by atoms with van der Waals surface area (Å²) in [6.07, 6.45) is 0. The lowest BCUT2D eigenvalue weighted by Crippen LogP contribution is -2.34. The highest BCUT2D eigenvalue weighted by Crippen LogP contribution is 2.67. The summed E-state index contributed by atoms with van der Waals surface area (Å²) in [5.74, 6) is -0.514. The van der Waals surface area contributed by atoms with Gasteiger partial charge >= 0.3 is 11.9 Å². The maximum absolute atomic E-state index is 13.0. The lowest BCUT2D eigenvalue weighted by Gasteiger charge is -2.29. The second kappa shape index (κ2) is 6.79. The van der Waals surface area contributed by atoms with E-state index in [9.17, 15) is 9.59 Å². The third-order valence-electron chi connectivity index (χ3n) is 5.20. The van der Waals surface area contributed by atoms with Gasteiger partial charge in [-0.15, -0.1) is 11.8 Å². The van der Waals surface area contributed by atoms with Gasteiger partial charge in [0.2, 0.25) is 0 Å². The van der Waals surface area contributed by atoms with Gasteiger partial charge in [0.25, 0.3) is 0 Å². The van der Waals surface area contributed by atoms with Gasteiger partial charge in [-0.1, -0.05) is 61.5 Å². The van der Waals surface area contributed by atoms with Crippen LogP contribution in [-0.2, 0) is 34.3 Å². The van der Waals surface area contributed by atoms with Crippen LogP contribution in [0.3, 0.4) is 0 Å². The first kappa shape index (κ1) is 18.8. The first-order valence-electron chi connectivity index (χ1n) is 8.98. The minimum absolute atomic E-state index is 0.188. The summed E-state index contributed by atoms with van der Waals surface area (Å²) >= 11 is 1.46. The minimum Gasteiger partial charge on any atom is -0.466 e. The molecule has 0 aliphatic carbocycles. The standard InChI is InChI=1S/C22H20O5S/c1-4-28-22-16-13-9-8-12-15(16)21(27-22,14-10-6-5-7-11-14)17(19(23)25-2)18(22)20(24)26-3/h5-13H,4H2,1-3H3/t21-,22-/m0/s1. The Morgan fingerprint density at radius 1 is 0.893 bits per heavy atom. The van der Waals surface area contributed by atoms with Gasteiger partial charge in [-0.25, -0.2) is 9.59 Å². The van der Waals surface area contributed by atoms with Crippen LogP contribution in [0.2, 0.25) is 0 Å². The van der Waals surface area contributed by atoms with E-state index in [-0.39, 0.29) is 11.1 Å². The summed E-state index contributed by atoms with van der Waals surface area (Å²) in [5.41, 5.74) is 1.63. The number of fused-ring (bicyclic) bond motifs is 5. The third-order valence-corrected chi connectivity index (χ3v) is 6.40. The van der Waals surface area contributed by atoms with E-state index >= 15 is 0 Å². The van der Waals surface area contributed by atoms with Gasteiger partial charge < -0.3 is 14.2 Å². The van der Waals surface area contributed by atoms with Crippen molar-refractivity contribution in [3.8, 4) is 0 Å². The smallest absolute Gasteiger partial charge is 0.338 e. The van der Waals surface area contributed by atoms with Crippen LogP contribution in [0.5, 0.6) is 0 Å². The van der Waals surface area contributed by atoms with Crippen molar-refractivity contribution in [2.75, 3.05) is 20.0 Å². The number of rotatable bonds is 5. The van der Waals surface area contributed by atoms with E-state index in [1.54, 1.807) is 0 Å². The normalized spacial score (nSPS) is 24.8. The highest BCUT2D eigenvalue weighted by molar-refractivity contribution is 8.00. The molecule has 0 N–H and O–H groups in total. The van der Waals surface area contributed by atoms with E-state index in [0.717, 1.165) is 16.7 Å². The molecule has 2 heterocycles. The molecule has 0 fully saturated rings. The summed E-state index contributed by atoms with van der Waals surface area (Å²) < 4.78 is 16.9. The average Bonchev–Trinajstić information content (AvgIpc) is 3.21. The number of thioether (sulfide) groups is 1. The van der Waals surface area contributed by atoms with Crippen LogP contribution in [0, 0.1) is 0 Å². The summed E-state index contributed by atoms with van der Waals surface area (Å²) in [4.78, 5) is 24.8. The van der Waals surface area contributed by atoms with Crippen LogP contribution in [0.1, 0.15) is 23.6 Å². The maximum Gasteiger partial charge on any atom is 0.338 e. The van der Waals surface area contributed by atoms with Crippen molar-refractivity contribution in [1.82, 2.24) is 0 Å². The van der Waals surface area contributed by atoms with Crippen LogP contribution in [0.25, 0.3) is 0 Å². The predicted molar refractivity (Wildman–Crippen MR) is 106 cm³/mol. The number of hydrogen-bond donors (Lipinski definition) is 0. The van der Waals surface area contributed by atoms with Gasteiger partial charge in [0.15, 0.2) is 10.5 Å². The van der Waals surface area contributed by atoms with Crippen molar-refractivity contribution in [2.24, 2.45) is 0 Å². The molecule has 0 aromatic heterocycles. The van der Waals surface area contributed by atoms with Crippen LogP contribution in [0.4, 0.5) is 0 Å². The molecular weight excluding hydrogens is 376 g/mol. The summed E-state index contributed by atoms with van der Waals surface area (Å²) in [5, 5.41) is 0. The summed E-state index contributed by atoms with van der Waals surface area (Å²) in [6.45, 7) is 1.99. The van der Waals surface area contributed by atoms with Gasteiger partial charge in [0.1, 0.15) is 0 Å². The molecule has 0 saturated heterocycles. The topological polar surface area (TPSA) is 61.8 Å². The number of carbonyl (C=O) groups is 2. The highest BCUT2D eigenvalue weighted by atomic mass is 32.2. The van der Waals surface area contributed by atoms with Crippen molar-refractivity contribution in [2.45, 2.75) is 17.5 Å². The molecule has 2 atom stereocenters. The van der Waals surface area contributed by atoms with Gasteiger partial charge in [-0.3, -0.25) is 0 Å². The molecule has 2 bridgehead atoms. The predicted octanol–water partition coefficient (Wildman–Crippen LogP) is 3.52. The average molecular weight is 396 g/mol. The van der Waals surface area contributed by atoms with E-state index in [0.29, 0.717) is 5.75 Å². The number of benzene rings is 2. The molecule has 2 aliphatic heterocycles. The fraction of sp³-hybridized carbons (Fsp3) is 0.273. The lowest BCUT2D eigenvalue weighted by molar-refractivity contribution is -0.139. The number of carbonyl (C=O) groups excluding carboxylic acids is 2. The Balaban J connectivity index is 2.15. The summed E-state index contributed by atoms with van der Waals surface area (Å²) in [6, 6.07) is 17.2. The second-order valence-corrected chi connectivity index (χ2v) is 7.92. The Morgan fingerprint density at radius 3 is 2.07 bits per heavy atom. The molecular formula is C22H20O5S. The van der Waals surface area contributed by atoms with Crippen molar-refractivity contribution >= 4 is 23.7 Å². The SMILES string of the molecule is CCS[C@]12O[C@](c3ccccc3)(C(C(=O)OC)=C1C(=O)OC)c1ccccc12. The maximum atomic E-state index is 13.0. The molecule has 144 valence electrons. The van der Waals surface area contributed by atoms with Crippen molar-refractivity contribution in [3.05, 3.63) is 82.4 Å². The largest absolute Gasteiger partial charge is 0.466 e. The van der Waals surface area contributed by atoms with E-state index < -0.39 is 22.5 Å². The number of esters is 2. The Kier molecular flexibility index (Phi) is 4.56. The van der Waals surface area contributed by atoms with Crippen molar-refractivity contribution < 1.29 is 23.8 Å². The number of ether oxygens (including phenoxy) is 3.